The van der Waals surface area contributed by atoms with E-state index in [9.17, 15) is 25.2 Å². The van der Waals surface area contributed by atoms with Gasteiger partial charge >= 0.3 is 5.97 Å². The molecule has 18 heavy (non-hydrogen) atoms. The molecule has 8 heteroatoms. The summed E-state index contributed by atoms with van der Waals surface area (Å²) in [6.07, 6.45) is -6.24. The summed E-state index contributed by atoms with van der Waals surface area (Å²) < 4.78 is 4.88. The Labute approximate surface area is 103 Å². The first kappa shape index (κ1) is 15.3. The predicted molar refractivity (Wildman–Crippen MR) is 56.3 cm³/mol. The van der Waals surface area contributed by atoms with Crippen LogP contribution in [-0.4, -0.2) is 73.4 Å². The summed E-state index contributed by atoms with van der Waals surface area (Å²) in [5.41, 5.74) is 0. The third kappa shape index (κ3) is 2.79. The van der Waals surface area contributed by atoms with E-state index in [2.05, 4.69) is 0 Å². The van der Waals surface area contributed by atoms with Crippen molar-refractivity contribution >= 4 is 5.97 Å². The van der Waals surface area contributed by atoms with Crippen LogP contribution < -0.4 is 0 Å². The molecule has 1 aliphatic heterocycles. The normalized spacial score (nSPS) is 40.2. The molecule has 1 saturated heterocycles. The molecule has 0 spiro atoms. The van der Waals surface area contributed by atoms with Crippen LogP contribution in [0, 0.1) is 5.92 Å². The minimum Gasteiger partial charge on any atom is -0.477 e. The summed E-state index contributed by atoms with van der Waals surface area (Å²) in [5, 5.41) is 55.9. The first-order valence-corrected chi connectivity index (χ1v) is 5.51. The SMILES string of the molecule is C[C@@H]1C(O)CC(O)(C(=O)O)O[C@H]1[C@H](O)[C@@H](O)CO. The topological polar surface area (TPSA) is 148 Å². The van der Waals surface area contributed by atoms with Gasteiger partial charge in [-0.2, -0.15) is 0 Å². The van der Waals surface area contributed by atoms with Gasteiger partial charge in [0.1, 0.15) is 12.2 Å². The Balaban J connectivity index is 2.92. The van der Waals surface area contributed by atoms with Gasteiger partial charge in [0.25, 0.3) is 5.79 Å². The molecule has 2 unspecified atom stereocenters. The second-order valence-corrected chi connectivity index (χ2v) is 4.54. The molecule has 0 bridgehead atoms. The highest BCUT2D eigenvalue weighted by Crippen LogP contribution is 2.33. The van der Waals surface area contributed by atoms with E-state index < -0.39 is 55.1 Å². The van der Waals surface area contributed by atoms with Crippen molar-refractivity contribution in [1.82, 2.24) is 0 Å². The van der Waals surface area contributed by atoms with E-state index in [1.807, 2.05) is 0 Å². The highest BCUT2D eigenvalue weighted by Gasteiger charge is 2.51. The van der Waals surface area contributed by atoms with Crippen LogP contribution in [0.1, 0.15) is 13.3 Å². The molecule has 0 radical (unpaired) electrons. The van der Waals surface area contributed by atoms with Gasteiger partial charge < -0.3 is 35.4 Å². The third-order valence-corrected chi connectivity index (χ3v) is 3.19. The van der Waals surface area contributed by atoms with E-state index >= 15 is 0 Å². The van der Waals surface area contributed by atoms with Crippen molar-refractivity contribution in [2.45, 2.75) is 43.5 Å². The van der Waals surface area contributed by atoms with Crippen LogP contribution >= 0.6 is 0 Å². The number of ether oxygens (including phenoxy) is 1. The molecule has 1 heterocycles. The standard InChI is InChI=1S/C10H18O8/c1-4-5(12)2-10(17,9(15)16)18-8(4)7(14)6(13)3-11/h4-8,11-14,17H,2-3H2,1H3,(H,15,16)/t4-,5?,6+,7-,8-,10?/m1/s1. The Morgan fingerprint density at radius 1 is 1.50 bits per heavy atom. The molecule has 1 aliphatic rings. The maximum absolute atomic E-state index is 10.9. The molecular formula is C10H18O8. The van der Waals surface area contributed by atoms with E-state index in [0.29, 0.717) is 0 Å². The number of carboxylic acid groups (broad SMARTS) is 1. The Morgan fingerprint density at radius 2 is 2.06 bits per heavy atom. The Bertz CT molecular complexity index is 308. The van der Waals surface area contributed by atoms with Crippen molar-refractivity contribution in [3.63, 3.8) is 0 Å². The lowest BCUT2D eigenvalue weighted by atomic mass is 9.85. The van der Waals surface area contributed by atoms with Crippen molar-refractivity contribution in [2.24, 2.45) is 5.92 Å². The van der Waals surface area contributed by atoms with Crippen LogP contribution in [0.2, 0.25) is 0 Å². The number of aliphatic hydroxyl groups is 5. The summed E-state index contributed by atoms with van der Waals surface area (Å²) in [7, 11) is 0. The van der Waals surface area contributed by atoms with E-state index in [4.69, 9.17) is 14.9 Å². The summed E-state index contributed by atoms with van der Waals surface area (Å²) >= 11 is 0. The zero-order valence-electron chi connectivity index (χ0n) is 9.80. The second kappa shape index (κ2) is 5.47. The Hall–Kier alpha value is -0.770. The van der Waals surface area contributed by atoms with Crippen molar-refractivity contribution < 1.29 is 40.2 Å². The smallest absolute Gasteiger partial charge is 0.364 e. The van der Waals surface area contributed by atoms with Crippen molar-refractivity contribution in [3.8, 4) is 0 Å². The van der Waals surface area contributed by atoms with E-state index in [1.165, 1.54) is 6.92 Å². The fourth-order valence-corrected chi connectivity index (χ4v) is 1.91. The number of rotatable bonds is 4. The van der Waals surface area contributed by atoms with Crippen LogP contribution in [-0.2, 0) is 9.53 Å². The second-order valence-electron chi connectivity index (χ2n) is 4.54. The van der Waals surface area contributed by atoms with Crippen molar-refractivity contribution in [1.29, 1.82) is 0 Å². The van der Waals surface area contributed by atoms with Crippen molar-refractivity contribution in [2.75, 3.05) is 6.61 Å². The molecule has 106 valence electrons. The lowest BCUT2D eigenvalue weighted by Crippen LogP contribution is -2.60. The van der Waals surface area contributed by atoms with Gasteiger partial charge in [0, 0.05) is 12.3 Å². The van der Waals surface area contributed by atoms with E-state index in [0.717, 1.165) is 0 Å². The van der Waals surface area contributed by atoms with Gasteiger partial charge in [0.05, 0.1) is 18.8 Å². The molecule has 0 amide bonds. The minimum atomic E-state index is -2.62. The number of aliphatic carboxylic acids is 1. The highest BCUT2D eigenvalue weighted by molar-refractivity contribution is 5.75. The maximum Gasteiger partial charge on any atom is 0.364 e. The fourth-order valence-electron chi connectivity index (χ4n) is 1.91. The summed E-state index contributed by atoms with van der Waals surface area (Å²) in [6, 6.07) is 0. The molecule has 1 fully saturated rings. The van der Waals surface area contributed by atoms with E-state index in [1.54, 1.807) is 0 Å². The first-order chi connectivity index (χ1) is 8.23. The molecule has 0 saturated carbocycles. The number of carboxylic acids is 1. The van der Waals surface area contributed by atoms with Crippen LogP contribution in [0.25, 0.3) is 0 Å². The summed E-state index contributed by atoms with van der Waals surface area (Å²) in [4.78, 5) is 10.9. The molecule has 0 aromatic carbocycles. The maximum atomic E-state index is 10.9. The number of carbonyl (C=O) groups is 1. The largest absolute Gasteiger partial charge is 0.477 e. The zero-order chi connectivity index (χ0) is 14.1. The van der Waals surface area contributed by atoms with Crippen molar-refractivity contribution in [3.05, 3.63) is 0 Å². The molecule has 6 atom stereocenters. The lowest BCUT2D eigenvalue weighted by Gasteiger charge is -2.43. The third-order valence-electron chi connectivity index (χ3n) is 3.19. The van der Waals surface area contributed by atoms with Crippen LogP contribution in [0.5, 0.6) is 0 Å². The molecule has 6 N–H and O–H groups in total. The van der Waals surface area contributed by atoms with Gasteiger partial charge in [-0.3, -0.25) is 0 Å². The van der Waals surface area contributed by atoms with Gasteiger partial charge in [-0.1, -0.05) is 6.92 Å². The molecule has 0 aromatic rings. The van der Waals surface area contributed by atoms with Gasteiger partial charge in [0.2, 0.25) is 0 Å². The monoisotopic (exact) mass is 266 g/mol. The Kier molecular flexibility index (Phi) is 4.65. The minimum absolute atomic E-state index is 0.540. The Morgan fingerprint density at radius 3 is 2.50 bits per heavy atom. The molecule has 1 rings (SSSR count). The van der Waals surface area contributed by atoms with Crippen LogP contribution in [0.3, 0.4) is 0 Å². The quantitative estimate of drug-likeness (QED) is 0.321. The average molecular weight is 266 g/mol. The predicted octanol–water partition coefficient (Wildman–Crippen LogP) is -2.74. The van der Waals surface area contributed by atoms with E-state index in [-0.39, 0.29) is 0 Å². The van der Waals surface area contributed by atoms with Crippen LogP contribution in [0.15, 0.2) is 0 Å². The van der Waals surface area contributed by atoms with Gasteiger partial charge in [-0.25, -0.2) is 4.79 Å². The zero-order valence-corrected chi connectivity index (χ0v) is 9.80. The molecule has 8 nitrogen and oxygen atoms in total. The summed E-state index contributed by atoms with van der Waals surface area (Å²) in [5.74, 6) is -5.02. The van der Waals surface area contributed by atoms with Gasteiger partial charge in [0.15, 0.2) is 0 Å². The first-order valence-electron chi connectivity index (χ1n) is 5.51. The van der Waals surface area contributed by atoms with Crippen LogP contribution in [0.4, 0.5) is 0 Å². The molecule has 0 aromatic heterocycles. The highest BCUT2D eigenvalue weighted by atomic mass is 16.7. The molecule has 0 aliphatic carbocycles. The number of hydrogen-bond donors (Lipinski definition) is 6. The van der Waals surface area contributed by atoms with Gasteiger partial charge in [-0.15, -0.1) is 0 Å². The lowest BCUT2D eigenvalue weighted by molar-refractivity contribution is -0.302. The number of aliphatic hydroxyl groups excluding tert-OH is 4. The average Bonchev–Trinajstić information content (AvgIpc) is 2.31. The number of hydrogen-bond acceptors (Lipinski definition) is 7. The van der Waals surface area contributed by atoms with Gasteiger partial charge in [-0.05, 0) is 0 Å². The summed E-state index contributed by atoms with van der Waals surface area (Å²) in [6.45, 7) is 0.722. The fraction of sp³-hybridized carbons (Fsp3) is 0.900. The molecular weight excluding hydrogens is 248 g/mol.